The molecule has 3 aromatic rings. The van der Waals surface area contributed by atoms with Crippen molar-refractivity contribution in [2.45, 2.75) is 13.1 Å². The Morgan fingerprint density at radius 3 is 2.95 bits per heavy atom. The van der Waals surface area contributed by atoms with Crippen molar-refractivity contribution in [3.8, 4) is 10.6 Å². The van der Waals surface area contributed by atoms with Crippen LogP contribution in [-0.2, 0) is 13.1 Å². The van der Waals surface area contributed by atoms with Crippen LogP contribution in [0.5, 0.6) is 0 Å². The third-order valence-electron chi connectivity index (χ3n) is 2.53. The minimum Gasteiger partial charge on any atom is -0.448 e. The first-order chi connectivity index (χ1) is 9.31. The molecule has 0 aliphatic carbocycles. The van der Waals surface area contributed by atoms with E-state index in [1.165, 1.54) is 4.88 Å². The molecule has 1 N–H and O–H groups in total. The molecule has 98 valence electrons. The molecule has 0 saturated carbocycles. The molecule has 3 nitrogen and oxygen atoms in total. The van der Waals surface area contributed by atoms with E-state index in [1.807, 2.05) is 18.3 Å². The second-order valence-corrected chi connectivity index (χ2v) is 6.83. The van der Waals surface area contributed by atoms with Crippen LogP contribution in [0, 0.1) is 0 Å². The maximum absolute atomic E-state index is 5.51. The predicted molar refractivity (Wildman–Crippen MR) is 82.4 cm³/mol. The van der Waals surface area contributed by atoms with Gasteiger partial charge in [0.15, 0.2) is 4.67 Å². The van der Waals surface area contributed by atoms with Gasteiger partial charge >= 0.3 is 0 Å². The van der Waals surface area contributed by atoms with Gasteiger partial charge in [0.2, 0.25) is 0 Å². The van der Waals surface area contributed by atoms with E-state index in [9.17, 15) is 0 Å². The zero-order valence-corrected chi connectivity index (χ0v) is 13.1. The molecule has 0 radical (unpaired) electrons. The third-order valence-corrected chi connectivity index (χ3v) is 4.84. The van der Waals surface area contributed by atoms with Gasteiger partial charge in [0, 0.05) is 24.2 Å². The highest BCUT2D eigenvalue weighted by Crippen LogP contribution is 2.29. The van der Waals surface area contributed by atoms with Crippen LogP contribution in [-0.4, -0.2) is 4.98 Å². The minimum absolute atomic E-state index is 0.744. The van der Waals surface area contributed by atoms with E-state index < -0.39 is 0 Å². The monoisotopic (exact) mass is 354 g/mol. The maximum atomic E-state index is 5.51. The molecule has 19 heavy (non-hydrogen) atoms. The van der Waals surface area contributed by atoms with Crippen molar-refractivity contribution in [3.63, 3.8) is 0 Å². The zero-order chi connectivity index (χ0) is 13.1. The lowest BCUT2D eigenvalue weighted by Gasteiger charge is -1.98. The lowest BCUT2D eigenvalue weighted by atomic mass is 10.4. The highest BCUT2D eigenvalue weighted by molar-refractivity contribution is 9.10. The minimum atomic E-state index is 0.744. The summed E-state index contributed by atoms with van der Waals surface area (Å²) in [5.74, 6) is 0.855. The number of furan rings is 1. The molecule has 0 spiro atoms. The van der Waals surface area contributed by atoms with Gasteiger partial charge in [-0.05, 0) is 39.5 Å². The van der Waals surface area contributed by atoms with Gasteiger partial charge < -0.3 is 9.73 Å². The Balaban J connectivity index is 1.59. The van der Waals surface area contributed by atoms with Gasteiger partial charge in [-0.15, -0.1) is 22.7 Å². The summed E-state index contributed by atoms with van der Waals surface area (Å²) >= 11 is 6.72. The normalized spacial score (nSPS) is 11.0. The average Bonchev–Trinajstić information content (AvgIpc) is 3.09. The van der Waals surface area contributed by atoms with Gasteiger partial charge in [0.05, 0.1) is 4.88 Å². The number of aromatic nitrogens is 1. The zero-order valence-electron chi connectivity index (χ0n) is 9.93. The summed E-state index contributed by atoms with van der Waals surface area (Å²) in [5.41, 5.74) is 0. The molecule has 0 atom stereocenters. The van der Waals surface area contributed by atoms with Crippen molar-refractivity contribution in [2.75, 3.05) is 0 Å². The Morgan fingerprint density at radius 2 is 2.21 bits per heavy atom. The van der Waals surface area contributed by atoms with Crippen molar-refractivity contribution in [1.82, 2.24) is 10.3 Å². The van der Waals surface area contributed by atoms with Crippen molar-refractivity contribution in [3.05, 3.63) is 50.4 Å². The summed E-state index contributed by atoms with van der Waals surface area (Å²) in [5, 5.41) is 6.55. The van der Waals surface area contributed by atoms with E-state index in [-0.39, 0.29) is 0 Å². The SMILES string of the molecule is Brc1ccc(-c2cnc(CNCc3cccs3)s2)o1. The molecular weight excluding hydrogens is 344 g/mol. The standard InChI is InChI=1S/C13H11BrN2OS2/c14-12-4-3-10(17-12)11-7-16-13(19-11)8-15-6-9-2-1-5-18-9/h1-5,7,15H,6,8H2. The molecule has 3 aromatic heterocycles. The molecule has 0 aromatic carbocycles. The molecule has 0 unspecified atom stereocenters. The largest absolute Gasteiger partial charge is 0.448 e. The molecule has 0 bridgehead atoms. The molecule has 3 heterocycles. The lowest BCUT2D eigenvalue weighted by molar-refractivity contribution is 0.557. The fraction of sp³-hybridized carbons (Fsp3) is 0.154. The van der Waals surface area contributed by atoms with Crippen molar-refractivity contribution in [1.29, 1.82) is 0 Å². The van der Waals surface area contributed by atoms with E-state index in [1.54, 1.807) is 22.7 Å². The van der Waals surface area contributed by atoms with Crippen LogP contribution >= 0.6 is 38.6 Å². The first-order valence-electron chi connectivity index (χ1n) is 5.75. The highest BCUT2D eigenvalue weighted by Gasteiger charge is 2.08. The quantitative estimate of drug-likeness (QED) is 0.731. The number of hydrogen-bond acceptors (Lipinski definition) is 5. The molecule has 0 saturated heterocycles. The van der Waals surface area contributed by atoms with Crippen LogP contribution in [0.25, 0.3) is 10.6 Å². The summed E-state index contributed by atoms with van der Waals surface area (Å²) in [7, 11) is 0. The summed E-state index contributed by atoms with van der Waals surface area (Å²) < 4.78 is 6.26. The van der Waals surface area contributed by atoms with Gasteiger partial charge in [0.25, 0.3) is 0 Å². The third kappa shape index (κ3) is 3.33. The Labute approximate surface area is 127 Å². The van der Waals surface area contributed by atoms with Crippen molar-refractivity contribution in [2.24, 2.45) is 0 Å². The van der Waals surface area contributed by atoms with E-state index in [0.717, 1.165) is 33.4 Å². The summed E-state index contributed by atoms with van der Waals surface area (Å²) in [6, 6.07) is 8.04. The van der Waals surface area contributed by atoms with Crippen LogP contribution in [0.3, 0.4) is 0 Å². The van der Waals surface area contributed by atoms with E-state index >= 15 is 0 Å². The van der Waals surface area contributed by atoms with E-state index in [4.69, 9.17) is 4.42 Å². The fourth-order valence-corrected chi connectivity index (χ4v) is 3.49. The number of thiophene rings is 1. The smallest absolute Gasteiger partial charge is 0.169 e. The lowest BCUT2D eigenvalue weighted by Crippen LogP contribution is -2.11. The van der Waals surface area contributed by atoms with Crippen molar-refractivity contribution < 1.29 is 4.42 Å². The maximum Gasteiger partial charge on any atom is 0.169 e. The Kier molecular flexibility index (Phi) is 4.12. The molecule has 0 aliphatic rings. The van der Waals surface area contributed by atoms with Gasteiger partial charge in [0.1, 0.15) is 10.8 Å². The van der Waals surface area contributed by atoms with Crippen molar-refractivity contribution >= 4 is 38.6 Å². The number of nitrogens with zero attached hydrogens (tertiary/aromatic N) is 1. The number of thiazole rings is 1. The highest BCUT2D eigenvalue weighted by atomic mass is 79.9. The Bertz CT molecular complexity index is 645. The fourth-order valence-electron chi connectivity index (χ4n) is 1.66. The Hall–Kier alpha value is -0.950. The van der Waals surface area contributed by atoms with Gasteiger partial charge in [-0.1, -0.05) is 6.07 Å². The summed E-state index contributed by atoms with van der Waals surface area (Å²) in [4.78, 5) is 6.80. The molecule has 0 fully saturated rings. The molecule has 3 rings (SSSR count). The summed E-state index contributed by atoms with van der Waals surface area (Å²) in [6.45, 7) is 1.67. The van der Waals surface area contributed by atoms with Gasteiger partial charge in [-0.3, -0.25) is 0 Å². The van der Waals surface area contributed by atoms with Gasteiger partial charge in [-0.25, -0.2) is 4.98 Å². The van der Waals surface area contributed by atoms with Crippen LogP contribution in [0.1, 0.15) is 9.88 Å². The van der Waals surface area contributed by atoms with Gasteiger partial charge in [-0.2, -0.15) is 0 Å². The molecule has 6 heteroatoms. The first-order valence-corrected chi connectivity index (χ1v) is 8.24. The number of nitrogens with one attached hydrogen (secondary N) is 1. The molecule has 0 amide bonds. The summed E-state index contributed by atoms with van der Waals surface area (Å²) in [6.07, 6.45) is 1.86. The van der Waals surface area contributed by atoms with Crippen LogP contribution in [0.2, 0.25) is 0 Å². The van der Waals surface area contributed by atoms with E-state index in [2.05, 4.69) is 43.7 Å². The number of rotatable bonds is 5. The number of halogens is 1. The molecule has 0 aliphatic heterocycles. The predicted octanol–water partition coefficient (Wildman–Crippen LogP) is 4.52. The first kappa shape index (κ1) is 13.1. The van der Waals surface area contributed by atoms with E-state index in [0.29, 0.717) is 0 Å². The average molecular weight is 355 g/mol. The van der Waals surface area contributed by atoms with Crippen LogP contribution in [0.15, 0.2) is 44.9 Å². The number of hydrogen-bond donors (Lipinski definition) is 1. The Morgan fingerprint density at radius 1 is 1.26 bits per heavy atom. The van der Waals surface area contributed by atoms with Crippen LogP contribution < -0.4 is 5.32 Å². The second kappa shape index (κ2) is 6.00. The second-order valence-electron chi connectivity index (χ2n) is 3.90. The topological polar surface area (TPSA) is 38.1 Å². The van der Waals surface area contributed by atoms with Crippen LogP contribution in [0.4, 0.5) is 0 Å². The molecular formula is C13H11BrN2OS2.